The number of aliphatic carboxylic acids is 1. The summed E-state index contributed by atoms with van der Waals surface area (Å²) in [4.78, 5) is 11.1. The molecular formula is C22H37NO2. The second-order valence-electron chi connectivity index (χ2n) is 7.13. The molecule has 1 aromatic rings. The van der Waals surface area contributed by atoms with Gasteiger partial charge in [0.15, 0.2) is 0 Å². The van der Waals surface area contributed by atoms with Crippen molar-refractivity contribution in [2.45, 2.75) is 96.6 Å². The maximum atomic E-state index is 11.1. The second kappa shape index (κ2) is 14.9. The van der Waals surface area contributed by atoms with Crippen molar-refractivity contribution in [3.8, 4) is 0 Å². The van der Waals surface area contributed by atoms with E-state index in [2.05, 4.69) is 24.4 Å². The predicted octanol–water partition coefficient (Wildman–Crippen LogP) is 5.93. The van der Waals surface area contributed by atoms with Crippen LogP contribution in [0.1, 0.15) is 89.5 Å². The van der Waals surface area contributed by atoms with Crippen LogP contribution in [0.2, 0.25) is 0 Å². The third-order valence-electron chi connectivity index (χ3n) is 4.76. The van der Waals surface area contributed by atoms with Crippen molar-refractivity contribution in [3.63, 3.8) is 0 Å². The lowest BCUT2D eigenvalue weighted by molar-refractivity contribution is -0.137. The van der Waals surface area contributed by atoms with Gasteiger partial charge in [-0.25, -0.2) is 0 Å². The lowest BCUT2D eigenvalue weighted by Crippen LogP contribution is -2.31. The van der Waals surface area contributed by atoms with E-state index in [1.165, 1.54) is 63.4 Å². The van der Waals surface area contributed by atoms with Crippen LogP contribution in [-0.2, 0) is 11.3 Å². The summed E-state index contributed by atoms with van der Waals surface area (Å²) in [6.45, 7) is 3.00. The predicted molar refractivity (Wildman–Crippen MR) is 106 cm³/mol. The van der Waals surface area contributed by atoms with Gasteiger partial charge in [0, 0.05) is 12.6 Å². The van der Waals surface area contributed by atoms with Crippen LogP contribution in [0, 0.1) is 0 Å². The molecule has 0 radical (unpaired) electrons. The van der Waals surface area contributed by atoms with E-state index in [1.807, 2.05) is 18.2 Å². The summed E-state index contributed by atoms with van der Waals surface area (Å²) in [5.41, 5.74) is 1.21. The van der Waals surface area contributed by atoms with Gasteiger partial charge in [0.1, 0.15) is 0 Å². The molecule has 0 aliphatic rings. The molecule has 0 fully saturated rings. The lowest BCUT2D eigenvalue weighted by Gasteiger charge is -2.17. The molecule has 3 nitrogen and oxygen atoms in total. The van der Waals surface area contributed by atoms with Crippen LogP contribution >= 0.6 is 0 Å². The van der Waals surface area contributed by atoms with E-state index in [0.29, 0.717) is 0 Å². The molecule has 142 valence electrons. The molecule has 2 N–H and O–H groups in total. The summed E-state index contributed by atoms with van der Waals surface area (Å²) in [5.74, 6) is -0.711. The molecule has 0 heterocycles. The molecule has 0 aromatic heterocycles. The van der Waals surface area contributed by atoms with Gasteiger partial charge in [-0.1, -0.05) is 101 Å². The molecule has 1 atom stereocenters. The van der Waals surface area contributed by atoms with Crippen LogP contribution in [-0.4, -0.2) is 17.1 Å². The lowest BCUT2D eigenvalue weighted by atomic mass is 10.0. The molecule has 0 aliphatic carbocycles. The number of rotatable bonds is 16. The van der Waals surface area contributed by atoms with E-state index in [1.54, 1.807) is 0 Å². The third-order valence-corrected chi connectivity index (χ3v) is 4.76. The molecule has 1 aromatic carbocycles. The summed E-state index contributed by atoms with van der Waals surface area (Å²) < 4.78 is 0. The molecule has 25 heavy (non-hydrogen) atoms. The summed E-state index contributed by atoms with van der Waals surface area (Å²) >= 11 is 0. The number of carboxylic acid groups (broad SMARTS) is 1. The quantitative estimate of drug-likeness (QED) is 0.364. The molecule has 3 heteroatoms. The number of carboxylic acids is 1. The zero-order chi connectivity index (χ0) is 18.2. The monoisotopic (exact) mass is 347 g/mol. The Balaban J connectivity index is 2.09. The highest BCUT2D eigenvalue weighted by Gasteiger charge is 2.12. The van der Waals surface area contributed by atoms with Gasteiger partial charge >= 0.3 is 5.97 Å². The standard InChI is InChI=1S/C22H37NO2/c1-2-3-4-5-6-7-8-9-10-14-17-21(18-22(24)25)23-19-20-15-12-11-13-16-20/h11-13,15-16,21,23H,2-10,14,17-19H2,1H3,(H,24,25). The maximum absolute atomic E-state index is 11.1. The van der Waals surface area contributed by atoms with E-state index in [9.17, 15) is 4.79 Å². The zero-order valence-corrected chi connectivity index (χ0v) is 16.0. The molecule has 0 amide bonds. The molecule has 0 bridgehead atoms. The first-order chi connectivity index (χ1) is 12.2. The Morgan fingerprint density at radius 1 is 0.920 bits per heavy atom. The van der Waals surface area contributed by atoms with E-state index in [-0.39, 0.29) is 12.5 Å². The Hall–Kier alpha value is -1.35. The van der Waals surface area contributed by atoms with Crippen LogP contribution in [0.15, 0.2) is 30.3 Å². The Bertz CT molecular complexity index is 433. The van der Waals surface area contributed by atoms with Crippen molar-refractivity contribution in [3.05, 3.63) is 35.9 Å². The largest absolute Gasteiger partial charge is 0.481 e. The van der Waals surface area contributed by atoms with E-state index >= 15 is 0 Å². The van der Waals surface area contributed by atoms with Gasteiger partial charge in [-0.15, -0.1) is 0 Å². The molecule has 0 saturated heterocycles. The normalized spacial score (nSPS) is 12.2. The highest BCUT2D eigenvalue weighted by Crippen LogP contribution is 2.13. The third kappa shape index (κ3) is 12.6. The summed E-state index contributed by atoms with van der Waals surface area (Å²) in [7, 11) is 0. The molecule has 1 rings (SSSR count). The Kier molecular flexibility index (Phi) is 13.0. The highest BCUT2D eigenvalue weighted by molar-refractivity contribution is 5.67. The van der Waals surface area contributed by atoms with Crippen LogP contribution in [0.5, 0.6) is 0 Å². The number of hydrogen-bond acceptors (Lipinski definition) is 2. The fourth-order valence-electron chi connectivity index (χ4n) is 3.22. The topological polar surface area (TPSA) is 49.3 Å². The van der Waals surface area contributed by atoms with Gasteiger partial charge in [-0.3, -0.25) is 4.79 Å². The van der Waals surface area contributed by atoms with Crippen molar-refractivity contribution in [1.29, 1.82) is 0 Å². The molecular weight excluding hydrogens is 310 g/mol. The van der Waals surface area contributed by atoms with Crippen molar-refractivity contribution in [1.82, 2.24) is 5.32 Å². The summed E-state index contributed by atoms with van der Waals surface area (Å²) in [6.07, 6.45) is 14.3. The highest BCUT2D eigenvalue weighted by atomic mass is 16.4. The maximum Gasteiger partial charge on any atom is 0.304 e. The number of benzene rings is 1. The number of nitrogens with one attached hydrogen (secondary N) is 1. The first-order valence-electron chi connectivity index (χ1n) is 10.2. The average molecular weight is 348 g/mol. The van der Waals surface area contributed by atoms with Crippen molar-refractivity contribution in [2.24, 2.45) is 0 Å². The van der Waals surface area contributed by atoms with Crippen LogP contribution in [0.25, 0.3) is 0 Å². The van der Waals surface area contributed by atoms with Crippen molar-refractivity contribution in [2.75, 3.05) is 0 Å². The molecule has 1 unspecified atom stereocenters. The van der Waals surface area contributed by atoms with Crippen LogP contribution < -0.4 is 5.32 Å². The van der Waals surface area contributed by atoms with Crippen molar-refractivity contribution >= 4 is 5.97 Å². The number of hydrogen-bond donors (Lipinski definition) is 2. The van der Waals surface area contributed by atoms with Gasteiger partial charge in [0.2, 0.25) is 0 Å². The molecule has 0 spiro atoms. The minimum absolute atomic E-state index is 0.0757. The Morgan fingerprint density at radius 2 is 1.48 bits per heavy atom. The van der Waals surface area contributed by atoms with Gasteiger partial charge < -0.3 is 10.4 Å². The Labute approximate surface area is 154 Å². The molecule has 0 saturated carbocycles. The van der Waals surface area contributed by atoms with Gasteiger partial charge in [0.05, 0.1) is 6.42 Å². The molecule has 0 aliphatic heterocycles. The second-order valence-corrected chi connectivity index (χ2v) is 7.13. The average Bonchev–Trinajstić information content (AvgIpc) is 2.61. The van der Waals surface area contributed by atoms with Crippen LogP contribution in [0.4, 0.5) is 0 Å². The zero-order valence-electron chi connectivity index (χ0n) is 16.0. The van der Waals surface area contributed by atoms with Gasteiger partial charge in [-0.05, 0) is 12.0 Å². The van der Waals surface area contributed by atoms with Crippen LogP contribution in [0.3, 0.4) is 0 Å². The summed E-state index contributed by atoms with van der Waals surface area (Å²) in [6, 6.07) is 10.3. The number of unbranched alkanes of at least 4 members (excludes halogenated alkanes) is 9. The SMILES string of the molecule is CCCCCCCCCCCCC(CC(=O)O)NCc1ccccc1. The first-order valence-corrected chi connectivity index (χ1v) is 10.2. The smallest absolute Gasteiger partial charge is 0.304 e. The summed E-state index contributed by atoms with van der Waals surface area (Å²) in [5, 5.41) is 12.5. The van der Waals surface area contributed by atoms with E-state index < -0.39 is 5.97 Å². The van der Waals surface area contributed by atoms with E-state index in [4.69, 9.17) is 5.11 Å². The van der Waals surface area contributed by atoms with Gasteiger partial charge in [0.25, 0.3) is 0 Å². The van der Waals surface area contributed by atoms with Crippen molar-refractivity contribution < 1.29 is 9.90 Å². The number of carbonyl (C=O) groups is 1. The van der Waals surface area contributed by atoms with Gasteiger partial charge in [-0.2, -0.15) is 0 Å². The fourth-order valence-corrected chi connectivity index (χ4v) is 3.22. The Morgan fingerprint density at radius 3 is 2.04 bits per heavy atom. The fraction of sp³-hybridized carbons (Fsp3) is 0.682. The minimum Gasteiger partial charge on any atom is -0.481 e. The minimum atomic E-state index is -0.711. The van der Waals surface area contributed by atoms with E-state index in [0.717, 1.165) is 19.4 Å². The first kappa shape index (κ1) is 21.7.